The van der Waals surface area contributed by atoms with Gasteiger partial charge < -0.3 is 5.73 Å². The number of hydrogen-bond acceptors (Lipinski definition) is 2. The molecule has 1 aromatic heterocycles. The molecule has 0 aromatic carbocycles. The third-order valence-corrected chi connectivity index (χ3v) is 3.70. The van der Waals surface area contributed by atoms with Crippen molar-refractivity contribution < 1.29 is 0 Å². The fourth-order valence-corrected chi connectivity index (χ4v) is 2.81. The minimum Gasteiger partial charge on any atom is -0.330 e. The van der Waals surface area contributed by atoms with E-state index in [1.807, 2.05) is 11.4 Å². The Labute approximate surface area is 75.2 Å². The minimum absolute atomic E-state index is 0.674. The molecule has 11 heavy (non-hydrogen) atoms. The lowest BCUT2D eigenvalue weighted by atomic mass is 10.3. The summed E-state index contributed by atoms with van der Waals surface area (Å²) in [6.45, 7) is 0.804. The van der Waals surface area contributed by atoms with Crippen molar-refractivity contribution in [1.29, 1.82) is 0 Å². The molecular weight excluding hydrogens is 178 g/mol. The molecule has 0 bridgehead atoms. The third-order valence-electron chi connectivity index (χ3n) is 2.21. The van der Waals surface area contributed by atoms with Gasteiger partial charge in [-0.1, -0.05) is 11.6 Å². The molecule has 0 saturated heterocycles. The van der Waals surface area contributed by atoms with Crippen molar-refractivity contribution in [2.75, 3.05) is 6.54 Å². The molecule has 1 fully saturated rings. The van der Waals surface area contributed by atoms with E-state index in [9.17, 15) is 0 Å². The minimum atomic E-state index is 0.674. The molecule has 1 nitrogen and oxygen atoms in total. The summed E-state index contributed by atoms with van der Waals surface area (Å²) in [4.78, 5) is 1.34. The predicted molar refractivity (Wildman–Crippen MR) is 49.2 cm³/mol. The summed E-state index contributed by atoms with van der Waals surface area (Å²) in [6.07, 6.45) is 1.23. The lowest BCUT2D eigenvalue weighted by molar-refractivity contribution is 0.815. The van der Waals surface area contributed by atoms with E-state index in [4.69, 9.17) is 17.3 Å². The number of hydrogen-bond donors (Lipinski definition) is 1. The van der Waals surface area contributed by atoms with E-state index in [1.54, 1.807) is 11.3 Å². The average Bonchev–Trinajstić information content (AvgIpc) is 2.68. The van der Waals surface area contributed by atoms with Crippen molar-refractivity contribution in [2.24, 2.45) is 11.7 Å². The van der Waals surface area contributed by atoms with Crippen LogP contribution in [-0.2, 0) is 0 Å². The highest BCUT2D eigenvalue weighted by atomic mass is 35.5. The quantitative estimate of drug-likeness (QED) is 0.757. The molecule has 0 unspecified atom stereocenters. The molecule has 0 amide bonds. The molecule has 0 radical (unpaired) electrons. The predicted octanol–water partition coefficient (Wildman–Crippen LogP) is 2.46. The molecule has 2 rings (SSSR count). The smallest absolute Gasteiger partial charge is 0.0547 e. The zero-order chi connectivity index (χ0) is 7.84. The van der Waals surface area contributed by atoms with Crippen LogP contribution in [0, 0.1) is 5.92 Å². The summed E-state index contributed by atoms with van der Waals surface area (Å²) < 4.78 is 0. The number of rotatable bonds is 2. The summed E-state index contributed by atoms with van der Waals surface area (Å²) in [6, 6.07) is 1.97. The summed E-state index contributed by atoms with van der Waals surface area (Å²) >= 11 is 7.72. The maximum absolute atomic E-state index is 5.97. The molecule has 60 valence electrons. The largest absolute Gasteiger partial charge is 0.330 e. The van der Waals surface area contributed by atoms with E-state index in [-0.39, 0.29) is 0 Å². The van der Waals surface area contributed by atoms with Gasteiger partial charge in [-0.25, -0.2) is 0 Å². The van der Waals surface area contributed by atoms with E-state index in [1.165, 1.54) is 11.3 Å². The molecular formula is C8H10ClNS. The third kappa shape index (κ3) is 1.31. The van der Waals surface area contributed by atoms with Gasteiger partial charge in [-0.05, 0) is 36.2 Å². The molecule has 3 heteroatoms. The van der Waals surface area contributed by atoms with Crippen molar-refractivity contribution in [3.8, 4) is 0 Å². The molecule has 1 aliphatic rings. The Morgan fingerprint density at radius 1 is 1.73 bits per heavy atom. The van der Waals surface area contributed by atoms with Crippen LogP contribution in [-0.4, -0.2) is 6.54 Å². The first-order valence-electron chi connectivity index (χ1n) is 3.76. The second-order valence-corrected chi connectivity index (χ2v) is 4.33. The Morgan fingerprint density at radius 3 is 3.00 bits per heavy atom. The molecule has 1 aliphatic carbocycles. The van der Waals surface area contributed by atoms with Crippen LogP contribution in [0.4, 0.5) is 0 Å². The monoisotopic (exact) mass is 187 g/mol. The van der Waals surface area contributed by atoms with Gasteiger partial charge in [0, 0.05) is 4.88 Å². The molecule has 1 heterocycles. The molecule has 0 aliphatic heterocycles. The second-order valence-electron chi connectivity index (χ2n) is 2.97. The van der Waals surface area contributed by atoms with E-state index >= 15 is 0 Å². The summed E-state index contributed by atoms with van der Waals surface area (Å²) in [5.41, 5.74) is 5.54. The Kier molecular flexibility index (Phi) is 1.91. The second kappa shape index (κ2) is 2.77. The van der Waals surface area contributed by atoms with Crippen molar-refractivity contribution in [3.63, 3.8) is 0 Å². The van der Waals surface area contributed by atoms with E-state index in [2.05, 4.69) is 0 Å². The van der Waals surface area contributed by atoms with Crippen LogP contribution in [0.25, 0.3) is 0 Å². The SMILES string of the molecule is NC[C@@H]1C[C@H]1c1sccc1Cl. The molecule has 2 N–H and O–H groups in total. The summed E-state index contributed by atoms with van der Waals surface area (Å²) in [5.74, 6) is 1.37. The maximum Gasteiger partial charge on any atom is 0.0547 e. The maximum atomic E-state index is 5.97. The Hall–Kier alpha value is -0.0500. The first-order valence-corrected chi connectivity index (χ1v) is 5.01. The van der Waals surface area contributed by atoms with Gasteiger partial charge >= 0.3 is 0 Å². The van der Waals surface area contributed by atoms with Crippen LogP contribution in [0.2, 0.25) is 5.02 Å². The number of halogens is 1. The molecule has 1 saturated carbocycles. The van der Waals surface area contributed by atoms with Gasteiger partial charge in [0.2, 0.25) is 0 Å². The van der Waals surface area contributed by atoms with Gasteiger partial charge in [0.1, 0.15) is 0 Å². The summed E-state index contributed by atoms with van der Waals surface area (Å²) in [7, 11) is 0. The Morgan fingerprint density at radius 2 is 2.55 bits per heavy atom. The van der Waals surface area contributed by atoms with Crippen LogP contribution in [0.15, 0.2) is 11.4 Å². The van der Waals surface area contributed by atoms with Crippen molar-refractivity contribution in [3.05, 3.63) is 21.3 Å². The number of thiophene rings is 1. The fourth-order valence-electron chi connectivity index (χ4n) is 1.40. The van der Waals surface area contributed by atoms with Gasteiger partial charge in [0.25, 0.3) is 0 Å². The highest BCUT2D eigenvalue weighted by molar-refractivity contribution is 7.10. The fraction of sp³-hybridized carbons (Fsp3) is 0.500. The Bertz CT molecular complexity index is 258. The van der Waals surface area contributed by atoms with Crippen LogP contribution in [0.1, 0.15) is 17.2 Å². The van der Waals surface area contributed by atoms with E-state index in [0.717, 1.165) is 11.6 Å². The van der Waals surface area contributed by atoms with Crippen LogP contribution in [0.3, 0.4) is 0 Å². The van der Waals surface area contributed by atoms with Gasteiger partial charge in [-0.3, -0.25) is 0 Å². The van der Waals surface area contributed by atoms with Crippen LogP contribution in [0.5, 0.6) is 0 Å². The van der Waals surface area contributed by atoms with Gasteiger partial charge in [-0.15, -0.1) is 11.3 Å². The average molecular weight is 188 g/mol. The van der Waals surface area contributed by atoms with Crippen molar-refractivity contribution >= 4 is 22.9 Å². The topological polar surface area (TPSA) is 26.0 Å². The molecule has 2 atom stereocenters. The van der Waals surface area contributed by atoms with Crippen molar-refractivity contribution in [1.82, 2.24) is 0 Å². The van der Waals surface area contributed by atoms with Crippen LogP contribution < -0.4 is 5.73 Å². The highest BCUT2D eigenvalue weighted by Crippen LogP contribution is 2.50. The Balaban J connectivity index is 2.14. The zero-order valence-electron chi connectivity index (χ0n) is 6.09. The lowest BCUT2D eigenvalue weighted by Crippen LogP contribution is -2.01. The first-order chi connectivity index (χ1) is 5.33. The normalized spacial score (nSPS) is 28.9. The number of nitrogens with two attached hydrogens (primary N) is 1. The van der Waals surface area contributed by atoms with Gasteiger partial charge in [0.05, 0.1) is 5.02 Å². The van der Waals surface area contributed by atoms with E-state index < -0.39 is 0 Å². The summed E-state index contributed by atoms with van der Waals surface area (Å²) in [5, 5.41) is 2.97. The van der Waals surface area contributed by atoms with Crippen LogP contribution >= 0.6 is 22.9 Å². The van der Waals surface area contributed by atoms with E-state index in [0.29, 0.717) is 11.8 Å². The zero-order valence-corrected chi connectivity index (χ0v) is 7.66. The van der Waals surface area contributed by atoms with Crippen molar-refractivity contribution in [2.45, 2.75) is 12.3 Å². The molecule has 0 spiro atoms. The lowest BCUT2D eigenvalue weighted by Gasteiger charge is -1.93. The first kappa shape index (κ1) is 7.59. The highest BCUT2D eigenvalue weighted by Gasteiger charge is 2.38. The van der Waals surface area contributed by atoms with Gasteiger partial charge in [-0.2, -0.15) is 0 Å². The van der Waals surface area contributed by atoms with Gasteiger partial charge in [0.15, 0.2) is 0 Å². The standard InChI is InChI=1S/C8H10ClNS/c9-7-1-2-11-8(7)6-3-5(6)4-10/h1-2,5-6H,3-4,10H2/t5-,6+/m0/s1. The molecule has 1 aromatic rings.